The monoisotopic (exact) mass is 396 g/mol. The molecular formula is C23H28N2O4. The molecule has 0 N–H and O–H groups in total. The van der Waals surface area contributed by atoms with E-state index in [2.05, 4.69) is 0 Å². The van der Waals surface area contributed by atoms with Crippen LogP contribution in [0, 0.1) is 0 Å². The molecule has 6 nitrogen and oxygen atoms in total. The number of rotatable bonds is 9. The van der Waals surface area contributed by atoms with Gasteiger partial charge in [-0.2, -0.15) is 0 Å². The minimum Gasteiger partial charge on any atom is -0.467 e. The van der Waals surface area contributed by atoms with Gasteiger partial charge in [-0.1, -0.05) is 30.3 Å². The molecule has 6 heteroatoms. The summed E-state index contributed by atoms with van der Waals surface area (Å²) < 4.78 is 11.2. The van der Waals surface area contributed by atoms with Gasteiger partial charge in [-0.05, 0) is 43.4 Å². The molecule has 2 amide bonds. The summed E-state index contributed by atoms with van der Waals surface area (Å²) in [4.78, 5) is 29.7. The number of ether oxygens (including phenoxy) is 1. The predicted octanol–water partition coefficient (Wildman–Crippen LogP) is 3.02. The molecule has 29 heavy (non-hydrogen) atoms. The zero-order valence-electron chi connectivity index (χ0n) is 16.7. The number of carbonyl (C=O) groups excluding carboxylic acids is 2. The van der Waals surface area contributed by atoms with Gasteiger partial charge in [0.05, 0.1) is 25.3 Å². The molecule has 2 heterocycles. The molecule has 1 aromatic carbocycles. The van der Waals surface area contributed by atoms with E-state index in [0.29, 0.717) is 19.5 Å². The molecule has 2 fully saturated rings. The molecule has 4 rings (SSSR count). The molecule has 0 radical (unpaired) electrons. The smallest absolute Gasteiger partial charge is 0.242 e. The van der Waals surface area contributed by atoms with E-state index in [0.717, 1.165) is 43.6 Å². The summed E-state index contributed by atoms with van der Waals surface area (Å²) in [6, 6.07) is 13.6. The fraction of sp³-hybridized carbons (Fsp3) is 0.478. The third kappa shape index (κ3) is 5.48. The highest BCUT2D eigenvalue weighted by atomic mass is 16.5. The molecule has 0 unspecified atom stereocenters. The SMILES string of the molecule is O=C(CN(C(=O)Cc1ccccc1)C1CC1)N(Cc1ccco1)C[C@@H]1CCCO1. The Balaban J connectivity index is 1.42. The van der Waals surface area contributed by atoms with Crippen LogP contribution in [-0.2, 0) is 27.3 Å². The van der Waals surface area contributed by atoms with Crippen LogP contribution in [0.3, 0.4) is 0 Å². The summed E-state index contributed by atoms with van der Waals surface area (Å²) in [6.45, 7) is 1.79. The van der Waals surface area contributed by atoms with Crippen molar-refractivity contribution in [3.05, 3.63) is 60.1 Å². The second-order valence-corrected chi connectivity index (χ2v) is 7.90. The minimum absolute atomic E-state index is 0.0158. The Morgan fingerprint density at radius 2 is 1.83 bits per heavy atom. The van der Waals surface area contributed by atoms with E-state index < -0.39 is 0 Å². The highest BCUT2D eigenvalue weighted by Gasteiger charge is 2.35. The van der Waals surface area contributed by atoms with Gasteiger partial charge in [0.15, 0.2) is 0 Å². The van der Waals surface area contributed by atoms with Gasteiger partial charge in [0.2, 0.25) is 11.8 Å². The van der Waals surface area contributed by atoms with Crippen LogP contribution in [0.25, 0.3) is 0 Å². The molecule has 1 saturated heterocycles. The van der Waals surface area contributed by atoms with E-state index in [-0.39, 0.29) is 30.5 Å². The largest absolute Gasteiger partial charge is 0.467 e. The van der Waals surface area contributed by atoms with Crippen molar-refractivity contribution in [2.45, 2.75) is 50.8 Å². The molecule has 1 aliphatic heterocycles. The van der Waals surface area contributed by atoms with Crippen molar-refractivity contribution >= 4 is 11.8 Å². The fourth-order valence-corrected chi connectivity index (χ4v) is 3.80. The van der Waals surface area contributed by atoms with Crippen LogP contribution in [0.1, 0.15) is 37.0 Å². The number of amides is 2. The maximum Gasteiger partial charge on any atom is 0.242 e. The maximum absolute atomic E-state index is 13.2. The first-order valence-electron chi connectivity index (χ1n) is 10.4. The normalized spacial score (nSPS) is 18.6. The quantitative estimate of drug-likeness (QED) is 0.654. The molecule has 1 aromatic heterocycles. The van der Waals surface area contributed by atoms with Crippen molar-refractivity contribution in [1.82, 2.24) is 9.80 Å². The Morgan fingerprint density at radius 1 is 1.00 bits per heavy atom. The van der Waals surface area contributed by atoms with E-state index in [1.165, 1.54) is 0 Å². The van der Waals surface area contributed by atoms with Crippen LogP contribution in [0.4, 0.5) is 0 Å². The summed E-state index contributed by atoms with van der Waals surface area (Å²) in [6.07, 6.45) is 5.93. The first-order valence-corrected chi connectivity index (χ1v) is 10.4. The fourth-order valence-electron chi connectivity index (χ4n) is 3.80. The van der Waals surface area contributed by atoms with Gasteiger partial charge in [-0.25, -0.2) is 0 Å². The van der Waals surface area contributed by atoms with Crippen molar-refractivity contribution in [3.63, 3.8) is 0 Å². The lowest BCUT2D eigenvalue weighted by Crippen LogP contribution is -2.46. The molecule has 2 aromatic rings. The third-order valence-electron chi connectivity index (χ3n) is 5.54. The standard InChI is InChI=1S/C23H28N2O4/c26-22(14-18-6-2-1-3-7-18)25(19-10-11-19)17-23(27)24(15-20-8-4-12-28-20)16-21-9-5-13-29-21/h1-4,6-8,12,19,21H,5,9-11,13-17H2/t21-/m0/s1. The Kier molecular flexibility index (Phi) is 6.30. The van der Waals surface area contributed by atoms with E-state index in [1.54, 1.807) is 16.1 Å². The van der Waals surface area contributed by atoms with Crippen LogP contribution < -0.4 is 0 Å². The second-order valence-electron chi connectivity index (χ2n) is 7.90. The van der Waals surface area contributed by atoms with Crippen LogP contribution in [0.2, 0.25) is 0 Å². The summed E-state index contributed by atoms with van der Waals surface area (Å²) in [7, 11) is 0. The molecular weight excluding hydrogens is 368 g/mol. The van der Waals surface area contributed by atoms with Crippen molar-refractivity contribution in [2.24, 2.45) is 0 Å². The highest BCUT2D eigenvalue weighted by molar-refractivity contribution is 5.86. The Hall–Kier alpha value is -2.60. The van der Waals surface area contributed by atoms with E-state index >= 15 is 0 Å². The molecule has 0 spiro atoms. The number of hydrogen-bond acceptors (Lipinski definition) is 4. The molecule has 0 bridgehead atoms. The molecule has 1 aliphatic carbocycles. The van der Waals surface area contributed by atoms with Gasteiger partial charge in [-0.15, -0.1) is 0 Å². The van der Waals surface area contributed by atoms with Crippen LogP contribution in [-0.4, -0.2) is 53.5 Å². The summed E-state index contributed by atoms with van der Waals surface area (Å²) in [5, 5.41) is 0. The van der Waals surface area contributed by atoms with Gasteiger partial charge < -0.3 is 19.0 Å². The Bertz CT molecular complexity index is 796. The minimum atomic E-state index is -0.0507. The first-order chi connectivity index (χ1) is 14.2. The molecule has 2 aliphatic rings. The van der Waals surface area contributed by atoms with Gasteiger partial charge in [0, 0.05) is 19.2 Å². The molecule has 1 atom stereocenters. The van der Waals surface area contributed by atoms with Gasteiger partial charge in [-0.3, -0.25) is 9.59 Å². The summed E-state index contributed by atoms with van der Waals surface area (Å²) in [5.41, 5.74) is 0.974. The predicted molar refractivity (Wildman–Crippen MR) is 108 cm³/mol. The average Bonchev–Trinajstić information content (AvgIpc) is 3.19. The van der Waals surface area contributed by atoms with Gasteiger partial charge in [0.1, 0.15) is 12.3 Å². The topological polar surface area (TPSA) is 63.0 Å². The summed E-state index contributed by atoms with van der Waals surface area (Å²) in [5.74, 6) is 0.706. The number of nitrogens with zero attached hydrogens (tertiary/aromatic N) is 2. The van der Waals surface area contributed by atoms with Gasteiger partial charge >= 0.3 is 0 Å². The van der Waals surface area contributed by atoms with E-state index in [1.807, 2.05) is 42.5 Å². The number of benzene rings is 1. The summed E-state index contributed by atoms with van der Waals surface area (Å²) >= 11 is 0. The lowest BCUT2D eigenvalue weighted by molar-refractivity contribution is -0.142. The van der Waals surface area contributed by atoms with E-state index in [4.69, 9.17) is 9.15 Å². The van der Waals surface area contributed by atoms with Gasteiger partial charge in [0.25, 0.3) is 0 Å². The molecule has 154 valence electrons. The second kappa shape index (κ2) is 9.27. The maximum atomic E-state index is 13.2. The van der Waals surface area contributed by atoms with Crippen molar-refractivity contribution in [1.29, 1.82) is 0 Å². The number of hydrogen-bond donors (Lipinski definition) is 0. The lowest BCUT2D eigenvalue weighted by Gasteiger charge is -2.29. The Morgan fingerprint density at radius 3 is 2.48 bits per heavy atom. The lowest BCUT2D eigenvalue weighted by atomic mass is 10.1. The first kappa shape index (κ1) is 19.7. The van der Waals surface area contributed by atoms with Crippen LogP contribution in [0.5, 0.6) is 0 Å². The molecule has 1 saturated carbocycles. The number of furan rings is 1. The van der Waals surface area contributed by atoms with Crippen molar-refractivity contribution < 1.29 is 18.7 Å². The van der Waals surface area contributed by atoms with Crippen molar-refractivity contribution in [2.75, 3.05) is 19.7 Å². The zero-order chi connectivity index (χ0) is 20.1. The third-order valence-corrected chi connectivity index (χ3v) is 5.54. The zero-order valence-corrected chi connectivity index (χ0v) is 16.7. The van der Waals surface area contributed by atoms with E-state index in [9.17, 15) is 9.59 Å². The number of carbonyl (C=O) groups is 2. The van der Waals surface area contributed by atoms with Crippen LogP contribution in [0.15, 0.2) is 53.1 Å². The van der Waals surface area contributed by atoms with Crippen molar-refractivity contribution in [3.8, 4) is 0 Å². The Labute approximate surface area is 171 Å². The average molecular weight is 396 g/mol. The highest BCUT2D eigenvalue weighted by Crippen LogP contribution is 2.28. The van der Waals surface area contributed by atoms with Crippen LogP contribution >= 0.6 is 0 Å².